The number of hydrogen-bond donors (Lipinski definition) is 0. The monoisotopic (exact) mass is 960 g/mol. The van der Waals surface area contributed by atoms with E-state index >= 15 is 0 Å². The van der Waals surface area contributed by atoms with Crippen LogP contribution >= 0.6 is 0 Å². The molecular weight excluding hydrogens is 921 g/mol. The molecule has 0 unspecified atom stereocenters. The molecule has 15 aromatic rings. The lowest BCUT2D eigenvalue weighted by Crippen LogP contribution is -2.05. The third-order valence-electron chi connectivity index (χ3n) is 14.2. The van der Waals surface area contributed by atoms with Crippen LogP contribution in [-0.4, -0.2) is 39.0 Å². The first-order valence-corrected chi connectivity index (χ1v) is 25.0. The van der Waals surface area contributed by atoms with Gasteiger partial charge in [-0.2, -0.15) is 0 Å². The average molecular weight is 961 g/mol. The van der Waals surface area contributed by atoms with Crippen molar-refractivity contribution < 1.29 is 4.42 Å². The Kier molecular flexibility index (Phi) is 9.67. The van der Waals surface area contributed by atoms with E-state index in [9.17, 15) is 0 Å². The van der Waals surface area contributed by atoms with Crippen molar-refractivity contribution in [1.82, 2.24) is 39.0 Å². The number of rotatable bonds is 8. The molecule has 0 saturated carbocycles. The zero-order valence-corrected chi connectivity index (χ0v) is 40.1. The molecule has 0 aliphatic carbocycles. The van der Waals surface area contributed by atoms with Crippen LogP contribution in [0.25, 0.3) is 145 Å². The van der Waals surface area contributed by atoms with E-state index in [1.165, 1.54) is 0 Å². The normalized spacial score (nSPS) is 11.7. The summed E-state index contributed by atoms with van der Waals surface area (Å²) < 4.78 is 11.9. The van der Waals surface area contributed by atoms with Gasteiger partial charge in [0, 0.05) is 66.3 Å². The number of furan rings is 1. The molecule has 0 bridgehead atoms. The highest BCUT2D eigenvalue weighted by Gasteiger charge is 2.29. The molecule has 0 atom stereocenters. The number of nitrogens with zero attached hydrogens (tertiary/aromatic N) is 8. The highest BCUT2D eigenvalue weighted by Crippen LogP contribution is 2.50. The average Bonchev–Trinajstić information content (AvgIpc) is 4.26. The molecular formula is C66H40N8O. The summed E-state index contributed by atoms with van der Waals surface area (Å²) in [6.07, 6.45) is 0. The molecule has 9 nitrogen and oxygen atoms in total. The number of aromatic nitrogens is 8. The fourth-order valence-electron chi connectivity index (χ4n) is 10.9. The van der Waals surface area contributed by atoms with Crippen molar-refractivity contribution in [2.45, 2.75) is 0 Å². The highest BCUT2D eigenvalue weighted by atomic mass is 16.3. The van der Waals surface area contributed by atoms with E-state index in [1.807, 2.05) is 127 Å². The standard InChI is InChI=1S/C66H40N8O/c1-6-22-41(23-7-1)61-67-62(42-24-8-2-9-25-42)70-65(69-61)47-39-38-46(40-51(47)66-71-63(43-26-10-3-11-27-43)68-64(72-66)44-28-12-4-13-29-44)74-53-36-20-17-33-49(53)56-58(74)55-48-32-16-19-35-52(48)73(45-30-14-5-15-31-45)59(55)57-50-34-18-21-37-54(50)75-60(56)57/h1-40H. The van der Waals surface area contributed by atoms with Crippen molar-refractivity contribution in [3.63, 3.8) is 0 Å². The van der Waals surface area contributed by atoms with Crippen molar-refractivity contribution in [2.75, 3.05) is 0 Å². The van der Waals surface area contributed by atoms with Crippen LogP contribution in [0.3, 0.4) is 0 Å². The van der Waals surface area contributed by atoms with Gasteiger partial charge in [-0.25, -0.2) is 29.9 Å². The summed E-state index contributed by atoms with van der Waals surface area (Å²) in [5.74, 6) is 3.13. The van der Waals surface area contributed by atoms with E-state index in [1.54, 1.807) is 0 Å². The van der Waals surface area contributed by atoms with Gasteiger partial charge in [0.15, 0.2) is 34.9 Å². The van der Waals surface area contributed by atoms with E-state index in [2.05, 4.69) is 124 Å². The molecule has 350 valence electrons. The van der Waals surface area contributed by atoms with E-state index < -0.39 is 0 Å². The summed E-state index contributed by atoms with van der Waals surface area (Å²) >= 11 is 0. The van der Waals surface area contributed by atoms with Crippen molar-refractivity contribution in [1.29, 1.82) is 0 Å². The van der Waals surface area contributed by atoms with Gasteiger partial charge in [-0.1, -0.05) is 194 Å². The SMILES string of the molecule is c1ccc(-c2nc(-c3ccccc3)nc(-c3ccc(-n4c5ccccc5c5c6oc7ccccc7c6c6c(c7ccccc7n6-c6ccccc6)c54)cc3-c3nc(-c4ccccc4)nc(-c4ccccc4)n3)n2)cc1. The maximum atomic E-state index is 7.12. The first-order valence-electron chi connectivity index (χ1n) is 25.0. The van der Waals surface area contributed by atoms with Crippen molar-refractivity contribution in [2.24, 2.45) is 0 Å². The van der Waals surface area contributed by atoms with Crippen molar-refractivity contribution in [3.8, 4) is 79.7 Å². The van der Waals surface area contributed by atoms with Gasteiger partial charge in [0.1, 0.15) is 11.2 Å². The van der Waals surface area contributed by atoms with Crippen LogP contribution in [-0.2, 0) is 0 Å². The van der Waals surface area contributed by atoms with Gasteiger partial charge < -0.3 is 13.6 Å². The number of benzene rings is 10. The predicted molar refractivity (Wildman–Crippen MR) is 302 cm³/mol. The van der Waals surface area contributed by atoms with Crippen molar-refractivity contribution >= 4 is 65.6 Å². The minimum Gasteiger partial charge on any atom is -0.455 e. The largest absolute Gasteiger partial charge is 0.455 e. The number of fused-ring (bicyclic) bond motifs is 12. The van der Waals surface area contributed by atoms with Gasteiger partial charge in [-0.3, -0.25) is 0 Å². The molecule has 0 radical (unpaired) electrons. The van der Waals surface area contributed by atoms with Crippen LogP contribution in [0, 0.1) is 0 Å². The Morgan fingerprint density at radius 3 is 1.16 bits per heavy atom. The Hall–Kier alpha value is -10.4. The minimum absolute atomic E-state index is 0.466. The van der Waals surface area contributed by atoms with Gasteiger partial charge >= 0.3 is 0 Å². The summed E-state index contributed by atoms with van der Waals surface area (Å²) in [6, 6.07) is 83.1. The third kappa shape index (κ3) is 6.86. The Morgan fingerprint density at radius 1 is 0.280 bits per heavy atom. The molecule has 0 N–H and O–H groups in total. The van der Waals surface area contributed by atoms with Crippen LogP contribution in [0.1, 0.15) is 0 Å². The summed E-state index contributed by atoms with van der Waals surface area (Å²) in [6.45, 7) is 0. The second-order valence-electron chi connectivity index (χ2n) is 18.6. The molecule has 15 rings (SSSR count). The van der Waals surface area contributed by atoms with Gasteiger partial charge in [-0.05, 0) is 48.5 Å². The maximum absolute atomic E-state index is 7.12. The summed E-state index contributed by atoms with van der Waals surface area (Å²) in [4.78, 5) is 31.5. The summed E-state index contributed by atoms with van der Waals surface area (Å²) in [5.41, 5.74) is 12.7. The molecule has 5 aromatic heterocycles. The maximum Gasteiger partial charge on any atom is 0.164 e. The first-order chi connectivity index (χ1) is 37.2. The van der Waals surface area contributed by atoms with E-state index in [4.69, 9.17) is 34.3 Å². The second kappa shape index (κ2) is 17.1. The first kappa shape index (κ1) is 42.3. The lowest BCUT2D eigenvalue weighted by molar-refractivity contribution is 0.673. The van der Waals surface area contributed by atoms with Crippen LogP contribution in [0.4, 0.5) is 0 Å². The zero-order chi connectivity index (χ0) is 49.4. The molecule has 10 aromatic carbocycles. The van der Waals surface area contributed by atoms with Crippen LogP contribution < -0.4 is 0 Å². The Bertz CT molecular complexity index is 4570. The lowest BCUT2D eigenvalue weighted by atomic mass is 10.0. The Morgan fingerprint density at radius 2 is 0.653 bits per heavy atom. The minimum atomic E-state index is 0.466. The van der Waals surface area contributed by atoms with Crippen LogP contribution in [0.5, 0.6) is 0 Å². The molecule has 75 heavy (non-hydrogen) atoms. The third-order valence-corrected chi connectivity index (χ3v) is 14.2. The fraction of sp³-hybridized carbons (Fsp3) is 0. The highest BCUT2D eigenvalue weighted by molar-refractivity contribution is 6.39. The van der Waals surface area contributed by atoms with Crippen molar-refractivity contribution in [3.05, 3.63) is 243 Å². The Balaban J connectivity index is 1.09. The lowest BCUT2D eigenvalue weighted by Gasteiger charge is -2.16. The summed E-state index contributed by atoms with van der Waals surface area (Å²) in [5, 5.41) is 6.46. The van der Waals surface area contributed by atoms with Crippen LogP contribution in [0.2, 0.25) is 0 Å². The van der Waals surface area contributed by atoms with E-state index in [0.29, 0.717) is 40.5 Å². The molecule has 0 aliphatic heterocycles. The quantitative estimate of drug-likeness (QED) is 0.149. The van der Waals surface area contributed by atoms with Crippen LogP contribution in [0.15, 0.2) is 247 Å². The number of para-hydroxylation sites is 4. The molecule has 0 spiro atoms. The van der Waals surface area contributed by atoms with Gasteiger partial charge in [0.05, 0.1) is 32.8 Å². The topological polar surface area (TPSA) is 100 Å². The Labute approximate surface area is 429 Å². The smallest absolute Gasteiger partial charge is 0.164 e. The number of hydrogen-bond acceptors (Lipinski definition) is 7. The molecule has 0 aliphatic rings. The van der Waals surface area contributed by atoms with E-state index in [-0.39, 0.29) is 0 Å². The fourth-order valence-corrected chi connectivity index (χ4v) is 10.9. The molecule has 0 saturated heterocycles. The molecule has 9 heteroatoms. The molecule has 0 amide bonds. The molecule has 5 heterocycles. The van der Waals surface area contributed by atoms with E-state index in [0.717, 1.165) is 105 Å². The predicted octanol–water partition coefficient (Wildman–Crippen LogP) is 16.2. The zero-order valence-electron chi connectivity index (χ0n) is 40.1. The second-order valence-corrected chi connectivity index (χ2v) is 18.6. The van der Waals surface area contributed by atoms with Gasteiger partial charge in [0.25, 0.3) is 0 Å². The molecule has 0 fully saturated rings. The van der Waals surface area contributed by atoms with Gasteiger partial charge in [-0.15, -0.1) is 0 Å². The summed E-state index contributed by atoms with van der Waals surface area (Å²) in [7, 11) is 0. The van der Waals surface area contributed by atoms with Gasteiger partial charge in [0.2, 0.25) is 0 Å².